The topological polar surface area (TPSA) is 374 Å². The molecule has 11 N–H and O–H groups in total. The van der Waals surface area contributed by atoms with Crippen LogP contribution >= 0.6 is 7.82 Å². The minimum Gasteiger partial charge on any atom is -0.463 e. The Bertz CT molecular complexity index is 2010. The molecule has 0 aromatic rings. The van der Waals surface area contributed by atoms with Crippen LogP contribution in [0.3, 0.4) is 0 Å². The number of aliphatic hydroxyl groups is 10. The summed E-state index contributed by atoms with van der Waals surface area (Å²) in [5.41, 5.74) is 0. The summed E-state index contributed by atoms with van der Waals surface area (Å²) >= 11 is 0. The van der Waals surface area contributed by atoms with Crippen LogP contribution in [0.15, 0.2) is 0 Å². The van der Waals surface area contributed by atoms with Crippen LogP contribution in [0.1, 0.15) is 297 Å². The van der Waals surface area contributed by atoms with Gasteiger partial charge in [0.15, 0.2) is 18.7 Å². The number of rotatable bonds is 58. The maximum Gasteiger partial charge on any atom is 0.472 e. The zero-order valence-corrected chi connectivity index (χ0v) is 60.0. The molecule has 1 saturated carbocycles. The summed E-state index contributed by atoms with van der Waals surface area (Å²) in [6.45, 7) is 5.77. The Balaban J connectivity index is 1.75. The lowest BCUT2D eigenvalue weighted by Crippen LogP contribution is -2.69. The van der Waals surface area contributed by atoms with Gasteiger partial charge in [-0.1, -0.05) is 259 Å². The fourth-order valence-corrected chi connectivity index (χ4v) is 13.7. The van der Waals surface area contributed by atoms with Gasteiger partial charge in [0.05, 0.1) is 13.2 Å². The van der Waals surface area contributed by atoms with E-state index in [2.05, 4.69) is 27.7 Å². The van der Waals surface area contributed by atoms with E-state index in [-0.39, 0.29) is 19.3 Å². The molecule has 0 aromatic carbocycles. The molecule has 19 atom stereocenters. The highest BCUT2D eigenvalue weighted by molar-refractivity contribution is 7.47. The van der Waals surface area contributed by atoms with Crippen molar-refractivity contribution in [1.29, 1.82) is 0 Å². The smallest absolute Gasteiger partial charge is 0.463 e. The highest BCUT2D eigenvalue weighted by atomic mass is 31.2. The number of unbranched alkanes of at least 4 members (excludes halogenated alkanes) is 33. The van der Waals surface area contributed by atoms with E-state index in [1.54, 1.807) is 0 Å². The number of esters is 3. The highest BCUT2D eigenvalue weighted by Gasteiger charge is 2.58. The molecule has 3 rings (SSSR count). The van der Waals surface area contributed by atoms with E-state index >= 15 is 0 Å². The van der Waals surface area contributed by atoms with Crippen LogP contribution in [0.5, 0.6) is 0 Å². The lowest BCUT2D eigenvalue weighted by Gasteiger charge is -2.49. The zero-order valence-electron chi connectivity index (χ0n) is 59.1. The molecule has 3 fully saturated rings. The highest BCUT2D eigenvalue weighted by Crippen LogP contribution is 2.49. The molecule has 0 radical (unpaired) electrons. The molecule has 566 valence electrons. The van der Waals surface area contributed by atoms with E-state index in [1.165, 1.54) is 141 Å². The second-order valence-corrected chi connectivity index (χ2v) is 29.1. The Morgan fingerprint density at radius 2 is 0.729 bits per heavy atom. The average molecular weight is 1400 g/mol. The van der Waals surface area contributed by atoms with E-state index < -0.39 is 156 Å². The van der Waals surface area contributed by atoms with E-state index in [0.717, 1.165) is 89.9 Å². The van der Waals surface area contributed by atoms with Crippen LogP contribution in [0.25, 0.3) is 0 Å². The number of aliphatic hydroxyl groups excluding tert-OH is 10. The van der Waals surface area contributed by atoms with Crippen LogP contribution < -0.4 is 0 Å². The van der Waals surface area contributed by atoms with E-state index in [0.29, 0.717) is 25.2 Å². The molecule has 24 nitrogen and oxygen atoms in total. The van der Waals surface area contributed by atoms with Gasteiger partial charge in [-0.2, -0.15) is 0 Å². The van der Waals surface area contributed by atoms with Crippen molar-refractivity contribution in [3.63, 3.8) is 0 Å². The Hall–Kier alpha value is -2.04. The molecule has 2 aliphatic heterocycles. The summed E-state index contributed by atoms with van der Waals surface area (Å²) < 4.78 is 65.0. The molecule has 25 heteroatoms. The summed E-state index contributed by atoms with van der Waals surface area (Å²) in [5, 5.41) is 110. The zero-order chi connectivity index (χ0) is 70.5. The first-order valence-electron chi connectivity index (χ1n) is 37.7. The average Bonchev–Trinajstić information content (AvgIpc) is 0.768. The number of phosphoric ester groups is 1. The molecular formula is C71H133O24P. The molecule has 0 bridgehead atoms. The Morgan fingerprint density at radius 3 is 1.12 bits per heavy atom. The number of carbonyl (C=O) groups is 3. The molecule has 0 amide bonds. The summed E-state index contributed by atoms with van der Waals surface area (Å²) in [4.78, 5) is 51.0. The van der Waals surface area contributed by atoms with Crippen LogP contribution in [0.2, 0.25) is 0 Å². The number of hydrogen-bond acceptors (Lipinski definition) is 23. The van der Waals surface area contributed by atoms with Gasteiger partial charge in [0.1, 0.15) is 98.7 Å². The van der Waals surface area contributed by atoms with Crippen LogP contribution in [-0.2, 0) is 61.2 Å². The Labute approximate surface area is 574 Å². The van der Waals surface area contributed by atoms with Crippen molar-refractivity contribution in [2.45, 2.75) is 402 Å². The fourth-order valence-electron chi connectivity index (χ4n) is 12.8. The maximum atomic E-state index is 14.3. The normalized spacial score (nSPS) is 28.2. The van der Waals surface area contributed by atoms with Crippen LogP contribution in [-0.4, -0.2) is 204 Å². The maximum absolute atomic E-state index is 14.3. The summed E-state index contributed by atoms with van der Waals surface area (Å²) in [7, 11) is -5.69. The quantitative estimate of drug-likeness (QED) is 0.0117. The van der Waals surface area contributed by atoms with E-state index in [1.807, 2.05) is 0 Å². The molecule has 2 saturated heterocycles. The standard InChI is InChI=1S/C71H133O24P/c1-5-8-11-14-17-19-21-23-25-27-28-34-39-44-55(73)87-48-52(90-57(75)46-41-36-31-30-33-38-43-51(4)42-37-32-16-13-10-7-3)49-89-96(85,86)95-69-67(93-70-65(83)60(78)58(76)53(47-72)91-70)63(81)62(80)64(82)68(69)94-71-66(84)61(79)59(77)54(92-71)50-88-56(74)45-40-35-29-26-24-22-20-18-15-12-9-6-2/h51-54,58-72,76-84H,5-50H2,1-4H3,(H,85,86). The number of ether oxygens (including phenoxy) is 7. The van der Waals surface area contributed by atoms with Gasteiger partial charge in [0, 0.05) is 19.3 Å². The van der Waals surface area contributed by atoms with Crippen molar-refractivity contribution in [3.05, 3.63) is 0 Å². The third kappa shape index (κ3) is 36.2. The third-order valence-electron chi connectivity index (χ3n) is 19.0. The molecule has 0 aromatic heterocycles. The summed E-state index contributed by atoms with van der Waals surface area (Å²) in [6, 6.07) is 0. The van der Waals surface area contributed by atoms with E-state index in [4.69, 9.17) is 42.2 Å². The lowest BCUT2D eigenvalue weighted by atomic mass is 9.84. The van der Waals surface area contributed by atoms with Gasteiger partial charge in [0.2, 0.25) is 0 Å². The van der Waals surface area contributed by atoms with Crippen LogP contribution in [0, 0.1) is 5.92 Å². The minimum atomic E-state index is -5.69. The van der Waals surface area contributed by atoms with Crippen molar-refractivity contribution in [3.8, 4) is 0 Å². The Morgan fingerprint density at radius 1 is 0.396 bits per heavy atom. The van der Waals surface area contributed by atoms with Crippen molar-refractivity contribution in [2.24, 2.45) is 5.92 Å². The predicted molar refractivity (Wildman–Crippen MR) is 361 cm³/mol. The van der Waals surface area contributed by atoms with Gasteiger partial charge in [-0.25, -0.2) is 4.57 Å². The van der Waals surface area contributed by atoms with Gasteiger partial charge in [-0.15, -0.1) is 0 Å². The van der Waals surface area contributed by atoms with Gasteiger partial charge in [-0.3, -0.25) is 23.4 Å². The third-order valence-corrected chi connectivity index (χ3v) is 20.0. The van der Waals surface area contributed by atoms with Gasteiger partial charge in [0.25, 0.3) is 0 Å². The summed E-state index contributed by atoms with van der Waals surface area (Å²) in [5.74, 6) is -1.30. The van der Waals surface area contributed by atoms with Gasteiger partial charge in [-0.05, 0) is 25.2 Å². The number of phosphoric acid groups is 1. The van der Waals surface area contributed by atoms with Gasteiger partial charge >= 0.3 is 25.7 Å². The van der Waals surface area contributed by atoms with Crippen molar-refractivity contribution in [1.82, 2.24) is 0 Å². The van der Waals surface area contributed by atoms with Crippen molar-refractivity contribution < 1.29 is 117 Å². The number of carbonyl (C=O) groups excluding carboxylic acids is 3. The summed E-state index contributed by atoms with van der Waals surface area (Å²) in [6.07, 6.45) is 7.53. The van der Waals surface area contributed by atoms with Gasteiger partial charge < -0.3 is 89.1 Å². The predicted octanol–water partition coefficient (Wildman–Crippen LogP) is 10.0. The molecular weight excluding hydrogens is 1270 g/mol. The SMILES string of the molecule is CCCCCCCCCCCCCCCC(=O)OCC(COP(=O)(O)OC1C(OC2OC(CO)C(O)C(O)C2O)C(O)C(O)C(O)C1OC1OC(COC(=O)CCCCCCCCCCCCCC)C(O)C(O)C1O)OC(=O)CCCCCCCCC(C)CCCCCCCC. The number of hydrogen-bond donors (Lipinski definition) is 11. The molecule has 0 spiro atoms. The van der Waals surface area contributed by atoms with Crippen molar-refractivity contribution in [2.75, 3.05) is 26.4 Å². The molecule has 2 heterocycles. The second kappa shape index (κ2) is 52.9. The van der Waals surface area contributed by atoms with Crippen molar-refractivity contribution >= 4 is 25.7 Å². The fraction of sp³-hybridized carbons (Fsp3) is 0.958. The minimum absolute atomic E-state index is 0.0327. The monoisotopic (exact) mass is 1400 g/mol. The first-order valence-corrected chi connectivity index (χ1v) is 39.2. The van der Waals surface area contributed by atoms with Crippen LogP contribution in [0.4, 0.5) is 0 Å². The molecule has 96 heavy (non-hydrogen) atoms. The second-order valence-electron chi connectivity index (χ2n) is 27.7. The first-order chi connectivity index (χ1) is 46.2. The largest absolute Gasteiger partial charge is 0.472 e. The lowest BCUT2D eigenvalue weighted by molar-refractivity contribution is -0.360. The molecule has 1 aliphatic carbocycles. The Kier molecular flexibility index (Phi) is 48.5. The molecule has 19 unspecified atom stereocenters. The molecule has 3 aliphatic rings. The van der Waals surface area contributed by atoms with E-state index in [9.17, 15) is 74.9 Å². The first kappa shape index (κ1) is 88.2.